The zero-order chi connectivity index (χ0) is 18.9. The molecule has 0 amide bonds. The molecule has 0 unspecified atom stereocenters. The van der Waals surface area contributed by atoms with Crippen LogP contribution in [0, 0.1) is 0 Å². The van der Waals surface area contributed by atoms with E-state index in [1.165, 1.54) is 22.3 Å². The second-order valence-corrected chi connectivity index (χ2v) is 8.07. The lowest BCUT2D eigenvalue weighted by Gasteiger charge is -2.29. The summed E-state index contributed by atoms with van der Waals surface area (Å²) in [4.78, 5) is 0. The fourth-order valence-electron chi connectivity index (χ4n) is 3.46. The van der Waals surface area contributed by atoms with Crippen LogP contribution in [-0.2, 0) is 10.8 Å². The van der Waals surface area contributed by atoms with E-state index in [-0.39, 0.29) is 10.8 Å². The Morgan fingerprint density at radius 3 is 1.38 bits per heavy atom. The summed E-state index contributed by atoms with van der Waals surface area (Å²) in [6.45, 7) is 8.97. The van der Waals surface area contributed by atoms with E-state index in [1.54, 1.807) is 0 Å². The lowest BCUT2D eigenvalue weighted by atomic mass is 9.74. The maximum Gasteiger partial charge on any atom is 0.0317 e. The second-order valence-electron chi connectivity index (χ2n) is 8.07. The molecule has 0 aromatic heterocycles. The minimum atomic E-state index is -0.0980. The molecule has 0 saturated carbocycles. The third-order valence-electron chi connectivity index (χ3n) is 5.57. The maximum atomic E-state index is 5.98. The van der Waals surface area contributed by atoms with Crippen LogP contribution in [-0.4, -0.2) is 0 Å². The molecule has 3 rings (SSSR count). The Labute approximate surface area is 156 Å². The Balaban J connectivity index is 1.94. The van der Waals surface area contributed by atoms with E-state index in [4.69, 9.17) is 11.5 Å². The van der Waals surface area contributed by atoms with Gasteiger partial charge < -0.3 is 11.5 Å². The average molecular weight is 345 g/mol. The van der Waals surface area contributed by atoms with Crippen molar-refractivity contribution in [1.82, 2.24) is 0 Å². The number of benzene rings is 3. The van der Waals surface area contributed by atoms with Crippen LogP contribution in [0.15, 0.2) is 72.8 Å². The highest BCUT2D eigenvalue weighted by Crippen LogP contribution is 2.36. The molecule has 0 aliphatic heterocycles. The molecule has 0 aliphatic carbocycles. The van der Waals surface area contributed by atoms with Gasteiger partial charge in [-0.3, -0.25) is 0 Å². The first-order chi connectivity index (χ1) is 12.2. The highest BCUT2D eigenvalue weighted by molar-refractivity contribution is 5.49. The molecule has 2 heteroatoms. The molecular weight excluding hydrogens is 316 g/mol. The minimum absolute atomic E-state index is 0.0758. The molecule has 2 nitrogen and oxygen atoms in total. The van der Waals surface area contributed by atoms with E-state index >= 15 is 0 Å². The van der Waals surface area contributed by atoms with Crippen molar-refractivity contribution in [2.75, 3.05) is 11.5 Å². The molecule has 3 aromatic rings. The van der Waals surface area contributed by atoms with Crippen LogP contribution in [0.25, 0.3) is 0 Å². The van der Waals surface area contributed by atoms with E-state index < -0.39 is 0 Å². The Morgan fingerprint density at radius 1 is 0.500 bits per heavy atom. The molecule has 3 aromatic carbocycles. The van der Waals surface area contributed by atoms with Crippen molar-refractivity contribution in [1.29, 1.82) is 0 Å². The molecule has 0 aliphatic rings. The summed E-state index contributed by atoms with van der Waals surface area (Å²) in [5.41, 5.74) is 18.3. The molecule has 0 bridgehead atoms. The summed E-state index contributed by atoms with van der Waals surface area (Å²) in [6, 6.07) is 25.2. The quantitative estimate of drug-likeness (QED) is 0.614. The van der Waals surface area contributed by atoms with E-state index in [1.807, 2.05) is 24.3 Å². The van der Waals surface area contributed by atoms with Gasteiger partial charge in [-0.2, -0.15) is 0 Å². The van der Waals surface area contributed by atoms with Gasteiger partial charge in [0.1, 0.15) is 0 Å². The summed E-state index contributed by atoms with van der Waals surface area (Å²) in [5.74, 6) is 0. The molecule has 26 heavy (non-hydrogen) atoms. The minimum Gasteiger partial charge on any atom is -0.399 e. The number of hydrogen-bond acceptors (Lipinski definition) is 2. The molecule has 4 N–H and O–H groups in total. The van der Waals surface area contributed by atoms with E-state index in [2.05, 4.69) is 76.2 Å². The fourth-order valence-corrected chi connectivity index (χ4v) is 3.46. The van der Waals surface area contributed by atoms with Crippen LogP contribution >= 0.6 is 0 Å². The predicted molar refractivity (Wildman–Crippen MR) is 112 cm³/mol. The number of anilines is 2. The van der Waals surface area contributed by atoms with Crippen LogP contribution in [0.4, 0.5) is 11.4 Å². The monoisotopic (exact) mass is 344 g/mol. The third-order valence-corrected chi connectivity index (χ3v) is 5.57. The molecule has 0 radical (unpaired) electrons. The standard InChI is InChI=1S/C24H28N2/c1-23(2,19-12-14-21(25)15-13-19)17-8-10-18(11-9-17)24(3,4)20-6-5-7-22(26)16-20/h5-16H,25-26H2,1-4H3. The van der Waals surface area contributed by atoms with Gasteiger partial charge in [-0.15, -0.1) is 0 Å². The highest BCUT2D eigenvalue weighted by Gasteiger charge is 2.26. The van der Waals surface area contributed by atoms with Crippen LogP contribution < -0.4 is 11.5 Å². The smallest absolute Gasteiger partial charge is 0.0317 e. The van der Waals surface area contributed by atoms with Gasteiger partial charge in [0.2, 0.25) is 0 Å². The van der Waals surface area contributed by atoms with Gasteiger partial charge in [-0.1, -0.05) is 76.2 Å². The summed E-state index contributed by atoms with van der Waals surface area (Å²) in [5, 5.41) is 0. The third kappa shape index (κ3) is 3.32. The highest BCUT2D eigenvalue weighted by atomic mass is 14.5. The number of nitrogens with two attached hydrogens (primary N) is 2. The molecule has 0 atom stereocenters. The lowest BCUT2D eigenvalue weighted by molar-refractivity contribution is 0.626. The molecular formula is C24H28N2. The van der Waals surface area contributed by atoms with Crippen molar-refractivity contribution >= 4 is 11.4 Å². The lowest BCUT2D eigenvalue weighted by Crippen LogP contribution is -2.21. The van der Waals surface area contributed by atoms with Gasteiger partial charge in [0.25, 0.3) is 0 Å². The summed E-state index contributed by atoms with van der Waals surface area (Å²) in [6.07, 6.45) is 0. The zero-order valence-electron chi connectivity index (χ0n) is 16.1. The first-order valence-electron chi connectivity index (χ1n) is 9.04. The fraction of sp³-hybridized carbons (Fsp3) is 0.250. The molecule has 0 heterocycles. The van der Waals surface area contributed by atoms with Crippen molar-refractivity contribution < 1.29 is 0 Å². The first kappa shape index (κ1) is 18.1. The van der Waals surface area contributed by atoms with Crippen LogP contribution in [0.3, 0.4) is 0 Å². The van der Waals surface area contributed by atoms with E-state index in [0.29, 0.717) is 0 Å². The second kappa shape index (κ2) is 6.53. The van der Waals surface area contributed by atoms with Crippen LogP contribution in [0.5, 0.6) is 0 Å². The van der Waals surface area contributed by atoms with E-state index in [0.717, 1.165) is 11.4 Å². The Kier molecular flexibility index (Phi) is 4.53. The maximum absolute atomic E-state index is 5.98. The van der Waals surface area contributed by atoms with Gasteiger partial charge in [-0.05, 0) is 46.5 Å². The SMILES string of the molecule is CC(C)(c1ccc(N)cc1)c1ccc(C(C)(C)c2cccc(N)c2)cc1. The van der Waals surface area contributed by atoms with Gasteiger partial charge in [0, 0.05) is 22.2 Å². The van der Waals surface area contributed by atoms with Crippen molar-refractivity contribution in [3.8, 4) is 0 Å². The topological polar surface area (TPSA) is 52.0 Å². The average Bonchev–Trinajstić information content (AvgIpc) is 2.62. The molecule has 0 spiro atoms. The summed E-state index contributed by atoms with van der Waals surface area (Å²) < 4.78 is 0. The van der Waals surface area contributed by atoms with Crippen molar-refractivity contribution in [3.05, 3.63) is 95.1 Å². The first-order valence-corrected chi connectivity index (χ1v) is 9.04. The molecule has 134 valence electrons. The summed E-state index contributed by atoms with van der Waals surface area (Å²) in [7, 11) is 0. The van der Waals surface area contributed by atoms with Crippen LogP contribution in [0.2, 0.25) is 0 Å². The van der Waals surface area contributed by atoms with Gasteiger partial charge in [-0.25, -0.2) is 0 Å². The Bertz CT molecular complexity index is 888. The normalized spacial score (nSPS) is 12.2. The van der Waals surface area contributed by atoms with Crippen molar-refractivity contribution in [3.63, 3.8) is 0 Å². The molecule has 0 saturated heterocycles. The van der Waals surface area contributed by atoms with Gasteiger partial charge in [0.15, 0.2) is 0 Å². The number of nitrogen functional groups attached to an aromatic ring is 2. The largest absolute Gasteiger partial charge is 0.399 e. The van der Waals surface area contributed by atoms with Gasteiger partial charge in [0.05, 0.1) is 0 Å². The summed E-state index contributed by atoms with van der Waals surface area (Å²) >= 11 is 0. The van der Waals surface area contributed by atoms with E-state index in [9.17, 15) is 0 Å². The van der Waals surface area contributed by atoms with Crippen molar-refractivity contribution in [2.45, 2.75) is 38.5 Å². The zero-order valence-corrected chi connectivity index (χ0v) is 16.1. The number of rotatable bonds is 4. The Morgan fingerprint density at radius 2 is 0.923 bits per heavy atom. The molecule has 0 fully saturated rings. The Hall–Kier alpha value is -2.74. The number of hydrogen-bond donors (Lipinski definition) is 2. The van der Waals surface area contributed by atoms with Crippen LogP contribution in [0.1, 0.15) is 49.9 Å². The van der Waals surface area contributed by atoms with Crippen molar-refractivity contribution in [2.24, 2.45) is 0 Å². The van der Waals surface area contributed by atoms with Gasteiger partial charge >= 0.3 is 0 Å². The predicted octanol–water partition coefficient (Wildman–Crippen LogP) is 5.50.